The van der Waals surface area contributed by atoms with Crippen molar-refractivity contribution in [1.29, 1.82) is 0 Å². The third-order valence-electron chi connectivity index (χ3n) is 0.978. The quantitative estimate of drug-likeness (QED) is 0.554. The Bertz CT molecular complexity index is 141. The van der Waals surface area contributed by atoms with E-state index in [0.29, 0.717) is 0 Å². The zero-order valence-electron chi connectivity index (χ0n) is 9.60. The summed E-state index contributed by atoms with van der Waals surface area (Å²) in [5.41, 5.74) is 0. The third-order valence-corrected chi connectivity index (χ3v) is 10.9. The fraction of sp³-hybridized carbons (Fsp3) is 1.00. The van der Waals surface area contributed by atoms with E-state index in [4.69, 9.17) is 23.4 Å². The van der Waals surface area contributed by atoms with Crippen molar-refractivity contribution in [2.45, 2.75) is 39.3 Å². The summed E-state index contributed by atoms with van der Waals surface area (Å²) in [6.45, 7) is 12.2. The topological polar surface area (TPSA) is 27.7 Å². The van der Waals surface area contributed by atoms with Crippen LogP contribution in [0.3, 0.4) is 0 Å². The van der Waals surface area contributed by atoms with Gasteiger partial charge in [-0.25, -0.2) is 0 Å². The molecule has 0 spiro atoms. The van der Waals surface area contributed by atoms with E-state index in [0.717, 1.165) is 0 Å². The van der Waals surface area contributed by atoms with Crippen molar-refractivity contribution in [2.75, 3.05) is 0 Å². The van der Waals surface area contributed by atoms with Crippen LogP contribution in [0.2, 0.25) is 39.3 Å². The zero-order valence-corrected chi connectivity index (χ0v) is 14.4. The number of rotatable bonds is 6. The monoisotopic (exact) mass is 285 g/mol. The van der Waals surface area contributed by atoms with Gasteiger partial charge in [0.25, 0.3) is 0 Å². The van der Waals surface area contributed by atoms with Gasteiger partial charge >= 0.3 is 8.11 Å². The van der Waals surface area contributed by atoms with E-state index < -0.39 is 35.2 Å². The SMILES string of the molecule is C[Si](C)O[Si](Cl)(O[Si](C)C)O[Si](C)C. The van der Waals surface area contributed by atoms with Crippen molar-refractivity contribution in [3.63, 3.8) is 0 Å². The molecule has 0 rings (SSSR count). The fourth-order valence-electron chi connectivity index (χ4n) is 0.794. The van der Waals surface area contributed by atoms with Crippen LogP contribution in [-0.4, -0.2) is 35.2 Å². The lowest BCUT2D eigenvalue weighted by Crippen LogP contribution is -2.48. The second kappa shape index (κ2) is 6.58. The molecule has 0 heterocycles. The third kappa shape index (κ3) is 7.35. The minimum Gasteiger partial charge on any atom is -0.405 e. The number of hydrogen-bond acceptors (Lipinski definition) is 3. The zero-order chi connectivity index (χ0) is 11.4. The number of hydrogen-bond donors (Lipinski definition) is 0. The minimum atomic E-state index is -2.83. The lowest BCUT2D eigenvalue weighted by Gasteiger charge is -2.28. The van der Waals surface area contributed by atoms with Crippen molar-refractivity contribution in [3.8, 4) is 0 Å². The Hall–Kier alpha value is 1.04. The molecule has 14 heavy (non-hydrogen) atoms. The molecule has 8 heteroatoms. The number of halogens is 1. The molecule has 0 aliphatic rings. The maximum Gasteiger partial charge on any atom is 0.581 e. The van der Waals surface area contributed by atoms with E-state index in [1.165, 1.54) is 0 Å². The molecule has 0 aromatic carbocycles. The summed E-state index contributed by atoms with van der Waals surface area (Å²) >= 11 is 6.27. The van der Waals surface area contributed by atoms with Crippen LogP contribution in [0.5, 0.6) is 0 Å². The summed E-state index contributed by atoms with van der Waals surface area (Å²) in [6, 6.07) is 0. The van der Waals surface area contributed by atoms with Gasteiger partial charge in [-0.3, -0.25) is 0 Å². The molecule has 3 radical (unpaired) electrons. The molecular formula is C6H18ClO3Si4. The molecule has 0 unspecified atom stereocenters. The average molecular weight is 286 g/mol. The van der Waals surface area contributed by atoms with Gasteiger partial charge in [-0.05, 0) is 39.3 Å². The van der Waals surface area contributed by atoms with Crippen LogP contribution >= 0.6 is 11.1 Å². The lowest BCUT2D eigenvalue weighted by molar-refractivity contribution is 0.302. The van der Waals surface area contributed by atoms with Gasteiger partial charge in [0.1, 0.15) is 0 Å². The second-order valence-corrected chi connectivity index (χ2v) is 13.8. The van der Waals surface area contributed by atoms with Crippen LogP contribution in [0.25, 0.3) is 0 Å². The van der Waals surface area contributed by atoms with E-state index in [-0.39, 0.29) is 0 Å². The standard InChI is InChI=1S/C6H18ClO3Si4/c1-11(2)8-14(7,9-12(3)4)10-13(5)6/h1-6H3. The minimum absolute atomic E-state index is 0.869. The van der Waals surface area contributed by atoms with Gasteiger partial charge in [-0.1, -0.05) is 11.1 Å². The molecule has 83 valence electrons. The van der Waals surface area contributed by atoms with Crippen molar-refractivity contribution in [1.82, 2.24) is 0 Å². The maximum atomic E-state index is 6.27. The first kappa shape index (κ1) is 15.0. The highest BCUT2D eigenvalue weighted by Crippen LogP contribution is 2.18. The maximum absolute atomic E-state index is 6.27. The highest BCUT2D eigenvalue weighted by atomic mass is 35.6. The molecule has 0 aliphatic heterocycles. The van der Waals surface area contributed by atoms with Gasteiger partial charge in [0.15, 0.2) is 27.1 Å². The first-order chi connectivity index (χ1) is 6.25. The summed E-state index contributed by atoms with van der Waals surface area (Å²) in [5.74, 6) is 0. The Morgan fingerprint density at radius 2 is 0.929 bits per heavy atom. The van der Waals surface area contributed by atoms with E-state index >= 15 is 0 Å². The Morgan fingerprint density at radius 1 is 0.714 bits per heavy atom. The summed E-state index contributed by atoms with van der Waals surface area (Å²) in [7, 11) is -5.44. The highest BCUT2D eigenvalue weighted by molar-refractivity contribution is 7.14. The molecule has 0 saturated carbocycles. The molecule has 0 aromatic rings. The van der Waals surface area contributed by atoms with Crippen LogP contribution in [-0.2, 0) is 12.3 Å². The van der Waals surface area contributed by atoms with E-state index in [1.807, 2.05) is 39.3 Å². The molecule has 0 amide bonds. The van der Waals surface area contributed by atoms with Crippen molar-refractivity contribution in [2.24, 2.45) is 0 Å². The van der Waals surface area contributed by atoms with Crippen molar-refractivity contribution in [3.05, 3.63) is 0 Å². The molecule has 0 saturated heterocycles. The predicted octanol–water partition coefficient (Wildman–Crippen LogP) is 2.46. The highest BCUT2D eigenvalue weighted by Gasteiger charge is 2.42. The molecule has 3 nitrogen and oxygen atoms in total. The molecule has 0 bridgehead atoms. The molecule has 0 atom stereocenters. The van der Waals surface area contributed by atoms with E-state index in [1.54, 1.807) is 0 Å². The van der Waals surface area contributed by atoms with Crippen LogP contribution in [0.1, 0.15) is 0 Å². The average Bonchev–Trinajstić information content (AvgIpc) is 1.76. The van der Waals surface area contributed by atoms with Gasteiger partial charge in [0.2, 0.25) is 0 Å². The first-order valence-electron chi connectivity index (χ1n) is 4.41. The summed E-state index contributed by atoms with van der Waals surface area (Å²) in [4.78, 5) is 0. The summed E-state index contributed by atoms with van der Waals surface area (Å²) in [5, 5.41) is 0. The Balaban J connectivity index is 4.32. The van der Waals surface area contributed by atoms with Crippen molar-refractivity contribution < 1.29 is 12.3 Å². The van der Waals surface area contributed by atoms with Crippen LogP contribution < -0.4 is 0 Å². The molecule has 0 fully saturated rings. The van der Waals surface area contributed by atoms with Gasteiger partial charge in [0, 0.05) is 0 Å². The Morgan fingerprint density at radius 3 is 1.07 bits per heavy atom. The Labute approximate surface area is 98.0 Å². The van der Waals surface area contributed by atoms with Gasteiger partial charge in [0.05, 0.1) is 0 Å². The molecular weight excluding hydrogens is 268 g/mol. The van der Waals surface area contributed by atoms with Crippen molar-refractivity contribution >= 4 is 46.3 Å². The van der Waals surface area contributed by atoms with Gasteiger partial charge in [-0.15, -0.1) is 0 Å². The predicted molar refractivity (Wildman–Crippen MR) is 67.3 cm³/mol. The summed E-state index contributed by atoms with van der Waals surface area (Å²) < 4.78 is 17.0. The molecule has 0 aromatic heterocycles. The Kier molecular flexibility index (Phi) is 7.07. The van der Waals surface area contributed by atoms with Gasteiger partial charge < -0.3 is 12.3 Å². The molecule has 0 aliphatic carbocycles. The van der Waals surface area contributed by atoms with Crippen LogP contribution in [0.4, 0.5) is 0 Å². The lowest BCUT2D eigenvalue weighted by atomic mass is 11.9. The van der Waals surface area contributed by atoms with Gasteiger partial charge in [-0.2, -0.15) is 0 Å². The normalized spacial score (nSPS) is 13.3. The first-order valence-corrected chi connectivity index (χ1v) is 14.4. The fourth-order valence-corrected chi connectivity index (χ4v) is 12.4. The molecule has 0 N–H and O–H groups in total. The smallest absolute Gasteiger partial charge is 0.405 e. The largest absolute Gasteiger partial charge is 0.581 e. The van der Waals surface area contributed by atoms with Crippen LogP contribution in [0, 0.1) is 0 Å². The summed E-state index contributed by atoms with van der Waals surface area (Å²) in [6.07, 6.45) is 0. The second-order valence-electron chi connectivity index (χ2n) is 3.51. The van der Waals surface area contributed by atoms with Crippen LogP contribution in [0.15, 0.2) is 0 Å². The van der Waals surface area contributed by atoms with E-state index in [2.05, 4.69) is 0 Å². The van der Waals surface area contributed by atoms with E-state index in [9.17, 15) is 0 Å².